The van der Waals surface area contributed by atoms with E-state index in [9.17, 15) is 8.42 Å². The van der Waals surface area contributed by atoms with Crippen molar-refractivity contribution in [3.63, 3.8) is 0 Å². The molecule has 7 rings (SSSR count). The molecule has 4 aromatic rings. The van der Waals surface area contributed by atoms with E-state index in [1.165, 1.54) is 34.2 Å². The van der Waals surface area contributed by atoms with Gasteiger partial charge in [-0.25, -0.2) is 8.42 Å². The van der Waals surface area contributed by atoms with Gasteiger partial charge in [0.15, 0.2) is 0 Å². The predicted molar refractivity (Wildman–Crippen MR) is 207 cm³/mol. The quantitative estimate of drug-likeness (QED) is 0.105. The zero-order valence-corrected chi connectivity index (χ0v) is 31.7. The van der Waals surface area contributed by atoms with Crippen LogP contribution in [0.2, 0.25) is 0 Å². The summed E-state index contributed by atoms with van der Waals surface area (Å²) in [4.78, 5) is 7.73. The van der Waals surface area contributed by atoms with Crippen LogP contribution in [0.15, 0.2) is 72.3 Å². The number of sulfonamides is 1. The number of hydrogen-bond acceptors (Lipinski definition) is 5. The zero-order chi connectivity index (χ0) is 35.6. The molecule has 0 radical (unpaired) electrons. The number of ether oxygens (including phenoxy) is 1. The van der Waals surface area contributed by atoms with Crippen LogP contribution >= 0.6 is 0 Å². The molecule has 5 atom stereocenters. The van der Waals surface area contributed by atoms with Crippen molar-refractivity contribution in [2.45, 2.75) is 104 Å². The van der Waals surface area contributed by atoms with Crippen molar-refractivity contribution in [3.8, 4) is 0 Å². The number of nitrogens with one attached hydrogen (secondary N) is 1. The summed E-state index contributed by atoms with van der Waals surface area (Å²) in [5.41, 5.74) is 10.7. The lowest BCUT2D eigenvalue weighted by Gasteiger charge is -2.51. The van der Waals surface area contributed by atoms with Gasteiger partial charge in [0.1, 0.15) is 0 Å². The molecular formula is C43H55N3O3S. The number of piperidine rings is 3. The third-order valence-corrected chi connectivity index (χ3v) is 12.9. The van der Waals surface area contributed by atoms with Crippen LogP contribution in [0.1, 0.15) is 90.6 Å². The van der Waals surface area contributed by atoms with Gasteiger partial charge >= 0.3 is 0 Å². The Balaban J connectivity index is 1.33. The normalized spacial score (nSPS) is 21.0. The largest absolute Gasteiger partial charge is 0.372 e. The Morgan fingerprint density at radius 3 is 2.34 bits per heavy atom. The Bertz CT molecular complexity index is 1920. The minimum absolute atomic E-state index is 0.166. The van der Waals surface area contributed by atoms with Crippen molar-refractivity contribution >= 4 is 26.6 Å². The molecule has 50 heavy (non-hydrogen) atoms. The van der Waals surface area contributed by atoms with Crippen LogP contribution in [-0.4, -0.2) is 44.0 Å². The summed E-state index contributed by atoms with van der Waals surface area (Å²) < 4.78 is 38.1. The summed E-state index contributed by atoms with van der Waals surface area (Å²) in [5, 5.41) is 0.929. The highest BCUT2D eigenvalue weighted by Gasteiger charge is 2.43. The molecule has 0 spiro atoms. The average molecular weight is 694 g/mol. The summed E-state index contributed by atoms with van der Waals surface area (Å²) in [5.74, 6) is 1.11. The molecule has 0 aliphatic carbocycles. The molecule has 0 amide bonds. The van der Waals surface area contributed by atoms with E-state index in [-0.39, 0.29) is 12.1 Å². The summed E-state index contributed by atoms with van der Waals surface area (Å²) >= 11 is 0. The number of aromatic nitrogens is 1. The van der Waals surface area contributed by atoms with Crippen LogP contribution in [0.5, 0.6) is 0 Å². The van der Waals surface area contributed by atoms with Gasteiger partial charge in [-0.15, -0.1) is 6.58 Å². The predicted octanol–water partition coefficient (Wildman–Crippen LogP) is 9.23. The first kappa shape index (κ1) is 36.3. The Hall–Kier alpha value is -3.52. The average Bonchev–Trinajstić information content (AvgIpc) is 3.11. The molecule has 1 unspecified atom stereocenters. The Labute approximate surface area is 300 Å². The van der Waals surface area contributed by atoms with Gasteiger partial charge < -0.3 is 4.74 Å². The minimum atomic E-state index is -3.84. The van der Waals surface area contributed by atoms with E-state index in [0.717, 1.165) is 66.4 Å². The second kappa shape index (κ2) is 15.4. The lowest BCUT2D eigenvalue weighted by Crippen LogP contribution is -2.55. The van der Waals surface area contributed by atoms with Crippen molar-refractivity contribution < 1.29 is 13.2 Å². The van der Waals surface area contributed by atoms with Gasteiger partial charge in [-0.3, -0.25) is 14.6 Å². The van der Waals surface area contributed by atoms with Gasteiger partial charge in [-0.05, 0) is 147 Å². The lowest BCUT2D eigenvalue weighted by molar-refractivity contribution is -0.0751. The number of rotatable bonds is 14. The number of hydrogen-bond donors (Lipinski definition) is 1. The monoisotopic (exact) mass is 693 g/mol. The van der Waals surface area contributed by atoms with Gasteiger partial charge in [-0.2, -0.15) is 0 Å². The van der Waals surface area contributed by atoms with E-state index in [2.05, 4.69) is 68.2 Å². The van der Waals surface area contributed by atoms with Crippen molar-refractivity contribution in [1.29, 1.82) is 0 Å². The summed E-state index contributed by atoms with van der Waals surface area (Å²) in [6, 6.07) is 16.7. The van der Waals surface area contributed by atoms with Crippen molar-refractivity contribution in [2.24, 2.45) is 11.8 Å². The van der Waals surface area contributed by atoms with Crippen LogP contribution in [0.4, 0.5) is 5.69 Å². The molecule has 0 saturated carbocycles. The van der Waals surface area contributed by atoms with Crippen molar-refractivity contribution in [3.05, 3.63) is 112 Å². The highest BCUT2D eigenvalue weighted by Crippen LogP contribution is 2.44. The maximum Gasteiger partial charge on any atom is 0.262 e. The van der Waals surface area contributed by atoms with Crippen LogP contribution in [0, 0.1) is 32.6 Å². The zero-order valence-electron chi connectivity index (χ0n) is 30.9. The van der Waals surface area contributed by atoms with Crippen molar-refractivity contribution in [1.82, 2.24) is 9.88 Å². The third kappa shape index (κ3) is 7.42. The molecule has 266 valence electrons. The first-order valence-electron chi connectivity index (χ1n) is 18.7. The molecule has 1 aromatic heterocycles. The van der Waals surface area contributed by atoms with E-state index in [0.29, 0.717) is 41.9 Å². The van der Waals surface area contributed by atoms with Gasteiger partial charge in [0.25, 0.3) is 10.0 Å². The molecule has 1 N–H and O–H groups in total. The Kier molecular flexibility index (Phi) is 11.2. The highest BCUT2D eigenvalue weighted by atomic mass is 32.2. The van der Waals surface area contributed by atoms with Gasteiger partial charge in [0.05, 0.1) is 16.5 Å². The first-order valence-corrected chi connectivity index (χ1v) is 20.2. The number of aryl methyl sites for hydroxylation is 6. The number of benzene rings is 3. The molecule has 7 heteroatoms. The van der Waals surface area contributed by atoms with Crippen LogP contribution in [0.3, 0.4) is 0 Å². The molecule has 3 fully saturated rings. The summed E-state index contributed by atoms with van der Waals surface area (Å²) in [6.45, 7) is 19.6. The van der Waals surface area contributed by atoms with Gasteiger partial charge in [0, 0.05) is 36.5 Å². The molecule has 3 aliphatic rings. The maximum absolute atomic E-state index is 14.1. The smallest absolute Gasteiger partial charge is 0.262 e. The fourth-order valence-electron chi connectivity index (χ4n) is 8.75. The minimum Gasteiger partial charge on any atom is -0.372 e. The summed E-state index contributed by atoms with van der Waals surface area (Å²) in [6.07, 6.45) is 10.2. The standard InChI is InChI=1S/C43H55N3O3S/c1-8-31-23-32(9-2)43(33(10-3)24-31)50(47,48)45-36-14-15-40-39(26-36)38(16-18-44-40)42(41-25-35-17-19-46(41)27-34(35)11-4)49-20-12-13-37-29(6)21-28(5)22-30(37)7/h11,14-16,18,21-24,26,34-35,41-42,45H,4,8-10,12-13,17,19-20,25,27H2,1-3,5-7H3/t34-,35-,41-,42+/m0/s1. The number of anilines is 1. The molecule has 6 nitrogen and oxygen atoms in total. The lowest BCUT2D eigenvalue weighted by atomic mass is 9.73. The van der Waals surface area contributed by atoms with Crippen LogP contribution in [0.25, 0.3) is 10.9 Å². The Morgan fingerprint density at radius 1 is 1.00 bits per heavy atom. The van der Waals surface area contributed by atoms with Crippen LogP contribution in [-0.2, 0) is 40.4 Å². The van der Waals surface area contributed by atoms with E-state index < -0.39 is 10.0 Å². The van der Waals surface area contributed by atoms with E-state index >= 15 is 0 Å². The van der Waals surface area contributed by atoms with E-state index in [4.69, 9.17) is 9.72 Å². The van der Waals surface area contributed by atoms with E-state index in [1.807, 2.05) is 50.4 Å². The number of fused-ring (bicyclic) bond motifs is 4. The molecule has 4 heterocycles. The van der Waals surface area contributed by atoms with Gasteiger partial charge in [0.2, 0.25) is 0 Å². The number of pyridine rings is 1. The molecular weight excluding hydrogens is 639 g/mol. The summed E-state index contributed by atoms with van der Waals surface area (Å²) in [7, 11) is -3.84. The second-order valence-electron chi connectivity index (χ2n) is 14.6. The topological polar surface area (TPSA) is 71.5 Å². The molecule has 2 bridgehead atoms. The van der Waals surface area contributed by atoms with Crippen LogP contribution < -0.4 is 4.72 Å². The van der Waals surface area contributed by atoms with E-state index in [1.54, 1.807) is 0 Å². The number of nitrogens with zero attached hydrogens (tertiary/aromatic N) is 2. The Morgan fingerprint density at radius 2 is 1.72 bits per heavy atom. The fraction of sp³-hybridized carbons (Fsp3) is 0.465. The fourth-order valence-corrected chi connectivity index (χ4v) is 10.4. The highest BCUT2D eigenvalue weighted by molar-refractivity contribution is 7.92. The van der Waals surface area contributed by atoms with Gasteiger partial charge in [-0.1, -0.05) is 56.7 Å². The van der Waals surface area contributed by atoms with Crippen molar-refractivity contribution in [2.75, 3.05) is 24.4 Å². The second-order valence-corrected chi connectivity index (χ2v) is 16.2. The molecule has 3 aliphatic heterocycles. The molecule has 3 saturated heterocycles. The maximum atomic E-state index is 14.1. The third-order valence-electron chi connectivity index (χ3n) is 11.3. The SMILES string of the molecule is C=C[C@H]1CN2CC[C@H]1C[C@H]2[C@H](OCCCc1c(C)cc(C)cc1C)c1ccnc2ccc(NS(=O)(=O)c3c(CC)cc(CC)cc3CC)cc12. The first-order chi connectivity index (χ1) is 24.1. The molecule has 3 aromatic carbocycles.